The average molecular weight is 433 g/mol. The van der Waals surface area contributed by atoms with E-state index < -0.39 is 12.9 Å². The molecule has 0 spiro atoms. The normalized spacial score (nSPS) is 15.4. The Kier molecular flexibility index (Phi) is 15.1. The molecule has 0 saturated carbocycles. The summed E-state index contributed by atoms with van der Waals surface area (Å²) in [5.41, 5.74) is 0. The number of nitrogens with zero attached hydrogens (tertiary/aromatic N) is 1. The van der Waals surface area contributed by atoms with E-state index in [1.807, 2.05) is 21.1 Å². The van der Waals surface area contributed by atoms with E-state index in [0.717, 1.165) is 38.5 Å². The molecule has 0 heterocycles. The van der Waals surface area contributed by atoms with Crippen molar-refractivity contribution >= 4 is 7.60 Å². The highest BCUT2D eigenvalue weighted by molar-refractivity contribution is 7.53. The average Bonchev–Trinajstić information content (AvgIpc) is 2.59. The number of quaternary nitrogens is 1. The summed E-state index contributed by atoms with van der Waals surface area (Å²) in [5.74, 6) is 0. The zero-order chi connectivity index (χ0) is 22.2. The zero-order valence-corrected chi connectivity index (χ0v) is 20.2. The lowest BCUT2D eigenvalue weighted by atomic mass is 10.1. The first kappa shape index (κ1) is 28.5. The van der Waals surface area contributed by atoms with E-state index in [9.17, 15) is 19.5 Å². The monoisotopic (exact) mass is 432 g/mol. The highest BCUT2D eigenvalue weighted by Crippen LogP contribution is 2.52. The summed E-state index contributed by atoms with van der Waals surface area (Å²) in [6.07, 6.45) is 22.6. The summed E-state index contributed by atoms with van der Waals surface area (Å²) in [4.78, 5) is 19.1. The number of rotatable bonds is 18. The van der Waals surface area contributed by atoms with Gasteiger partial charge >= 0.3 is 7.60 Å². The van der Waals surface area contributed by atoms with Gasteiger partial charge in [-0.05, 0) is 57.8 Å². The molecule has 3 N–H and O–H groups in total. The van der Waals surface area contributed by atoms with E-state index in [-0.39, 0.29) is 13.0 Å². The number of hydrogen-bond donors (Lipinski definition) is 3. The second kappa shape index (κ2) is 15.4. The van der Waals surface area contributed by atoms with Gasteiger partial charge in [-0.3, -0.25) is 4.57 Å². The van der Waals surface area contributed by atoms with Crippen molar-refractivity contribution in [3.63, 3.8) is 0 Å². The molecular formula is C23H47NO4P+. The van der Waals surface area contributed by atoms with Crippen molar-refractivity contribution in [3.05, 3.63) is 24.3 Å². The van der Waals surface area contributed by atoms with E-state index in [2.05, 4.69) is 31.2 Å². The van der Waals surface area contributed by atoms with Gasteiger partial charge in [0.05, 0.1) is 21.1 Å². The molecule has 29 heavy (non-hydrogen) atoms. The van der Waals surface area contributed by atoms with Crippen molar-refractivity contribution in [1.29, 1.82) is 0 Å². The van der Waals surface area contributed by atoms with Crippen LogP contribution in [0.1, 0.15) is 90.4 Å². The van der Waals surface area contributed by atoms with Crippen LogP contribution in [-0.2, 0) is 4.57 Å². The quantitative estimate of drug-likeness (QED) is 0.111. The molecule has 0 rings (SSSR count). The molecule has 1 unspecified atom stereocenters. The maximum atomic E-state index is 11.7. The van der Waals surface area contributed by atoms with Crippen LogP contribution < -0.4 is 0 Å². The van der Waals surface area contributed by atoms with Gasteiger partial charge in [0.25, 0.3) is 0 Å². The van der Waals surface area contributed by atoms with Crippen molar-refractivity contribution in [2.45, 2.75) is 95.7 Å². The molecule has 0 radical (unpaired) electrons. The van der Waals surface area contributed by atoms with Gasteiger partial charge in [-0.2, -0.15) is 0 Å². The van der Waals surface area contributed by atoms with Crippen LogP contribution in [0.15, 0.2) is 24.3 Å². The first-order chi connectivity index (χ1) is 13.5. The molecule has 0 aliphatic carbocycles. The van der Waals surface area contributed by atoms with E-state index in [4.69, 9.17) is 0 Å². The minimum atomic E-state index is -4.55. The first-order valence-corrected chi connectivity index (χ1v) is 13.0. The third-order valence-corrected chi connectivity index (χ3v) is 6.47. The Hall–Kier alpha value is -0.450. The maximum absolute atomic E-state index is 11.7. The molecule has 5 nitrogen and oxygen atoms in total. The van der Waals surface area contributed by atoms with Gasteiger partial charge in [-0.15, -0.1) is 0 Å². The van der Waals surface area contributed by atoms with E-state index in [0.29, 0.717) is 10.9 Å². The Bertz CT molecular complexity index is 507. The Labute approximate surface area is 179 Å². The summed E-state index contributed by atoms with van der Waals surface area (Å²) in [6, 6.07) is 0. The van der Waals surface area contributed by atoms with Crippen LogP contribution in [0.4, 0.5) is 0 Å². The number of allylic oxidation sites excluding steroid dienone is 4. The summed E-state index contributed by atoms with van der Waals surface area (Å²) < 4.78 is 12.1. The van der Waals surface area contributed by atoms with Gasteiger partial charge in [0.1, 0.15) is 6.54 Å². The third-order valence-electron chi connectivity index (χ3n) is 5.02. The lowest BCUT2D eigenvalue weighted by Crippen LogP contribution is -2.49. The largest absolute Gasteiger partial charge is 0.373 e. The topological polar surface area (TPSA) is 77.8 Å². The number of aliphatic hydroxyl groups is 1. The molecule has 0 aliphatic rings. The number of likely N-dealkylation sites (N-methyl/N-ethyl adjacent to an activating group) is 1. The predicted molar refractivity (Wildman–Crippen MR) is 124 cm³/mol. The summed E-state index contributed by atoms with van der Waals surface area (Å²) >= 11 is 0. The molecular weight excluding hydrogens is 385 g/mol. The van der Waals surface area contributed by atoms with Crippen molar-refractivity contribution < 1.29 is 23.9 Å². The van der Waals surface area contributed by atoms with Crippen molar-refractivity contribution in [2.24, 2.45) is 0 Å². The highest BCUT2D eigenvalue weighted by atomic mass is 31.2. The van der Waals surface area contributed by atoms with Crippen molar-refractivity contribution in [3.8, 4) is 0 Å². The molecule has 0 aromatic rings. The van der Waals surface area contributed by atoms with Crippen LogP contribution in [0.2, 0.25) is 0 Å². The lowest BCUT2D eigenvalue weighted by Gasteiger charge is -2.35. The van der Waals surface area contributed by atoms with Crippen molar-refractivity contribution in [1.82, 2.24) is 0 Å². The second-order valence-electron chi connectivity index (χ2n) is 9.30. The Balaban J connectivity index is 3.80. The molecule has 0 saturated heterocycles. The lowest BCUT2D eigenvalue weighted by molar-refractivity contribution is -0.875. The van der Waals surface area contributed by atoms with Gasteiger partial charge < -0.3 is 19.4 Å². The smallest absolute Gasteiger partial charge is 0.362 e. The molecule has 6 heteroatoms. The summed E-state index contributed by atoms with van der Waals surface area (Å²) in [7, 11) is 0.941. The van der Waals surface area contributed by atoms with Crippen LogP contribution in [0.3, 0.4) is 0 Å². The summed E-state index contributed by atoms with van der Waals surface area (Å²) in [6.45, 7) is 2.28. The molecule has 0 fully saturated rings. The molecule has 172 valence electrons. The van der Waals surface area contributed by atoms with E-state index in [1.54, 1.807) is 0 Å². The minimum absolute atomic E-state index is 0.0495. The van der Waals surface area contributed by atoms with E-state index in [1.165, 1.54) is 32.1 Å². The zero-order valence-electron chi connectivity index (χ0n) is 19.4. The predicted octanol–water partition coefficient (Wildman–Crippen LogP) is 5.76. The first-order valence-electron chi connectivity index (χ1n) is 11.4. The molecule has 0 amide bonds. The highest BCUT2D eigenvalue weighted by Gasteiger charge is 2.48. The third kappa shape index (κ3) is 16.0. The van der Waals surface area contributed by atoms with Crippen LogP contribution >= 0.6 is 7.60 Å². The van der Waals surface area contributed by atoms with Gasteiger partial charge in [0.2, 0.25) is 5.34 Å². The fourth-order valence-electron chi connectivity index (χ4n) is 3.44. The molecule has 1 atom stereocenters. The van der Waals surface area contributed by atoms with Crippen LogP contribution in [-0.4, -0.2) is 52.4 Å². The fraction of sp³-hybridized carbons (Fsp3) is 0.826. The van der Waals surface area contributed by atoms with Gasteiger partial charge in [-0.1, -0.05) is 56.9 Å². The van der Waals surface area contributed by atoms with Crippen LogP contribution in [0, 0.1) is 0 Å². The molecule has 0 aromatic carbocycles. The van der Waals surface area contributed by atoms with Gasteiger partial charge in [0.15, 0.2) is 0 Å². The maximum Gasteiger partial charge on any atom is 0.362 e. The van der Waals surface area contributed by atoms with E-state index >= 15 is 0 Å². The van der Waals surface area contributed by atoms with Crippen LogP contribution in [0.5, 0.6) is 0 Å². The number of unbranched alkanes of at least 4 members (excludes halogenated alkanes) is 9. The van der Waals surface area contributed by atoms with Crippen molar-refractivity contribution in [2.75, 3.05) is 27.7 Å². The number of hydrogen-bond acceptors (Lipinski definition) is 2. The fourth-order valence-corrected chi connectivity index (χ4v) is 4.50. The molecule has 0 bridgehead atoms. The minimum Gasteiger partial charge on any atom is -0.373 e. The Morgan fingerprint density at radius 2 is 1.21 bits per heavy atom. The Morgan fingerprint density at radius 3 is 1.66 bits per heavy atom. The standard InChI is InChI=1S/C23H46NO4P/c1-5-6-7-8-9-10-11-12-13-14-15-16-17-18-19-20-21-23(25,29(26,27)28)22-24(2,3)4/h9-10,14-15,25H,5-8,11-13,16-22H2,1-4H3,(H-,26,27,28)/p+1/b10-9-,15-14-. The van der Waals surface area contributed by atoms with Gasteiger partial charge in [-0.25, -0.2) is 0 Å². The Morgan fingerprint density at radius 1 is 0.759 bits per heavy atom. The van der Waals surface area contributed by atoms with Gasteiger partial charge in [0, 0.05) is 0 Å². The molecule has 0 aromatic heterocycles. The summed E-state index contributed by atoms with van der Waals surface area (Å²) in [5, 5.41) is 8.58. The second-order valence-corrected chi connectivity index (χ2v) is 11.2. The molecule has 0 aliphatic heterocycles. The van der Waals surface area contributed by atoms with Crippen LogP contribution in [0.25, 0.3) is 0 Å². The SMILES string of the molecule is CCCCC/C=C\CCC/C=C\CCCCCCC(O)(C[N+](C)(C)C)P(=O)(O)O.